The van der Waals surface area contributed by atoms with E-state index >= 15 is 0 Å². The number of thiazole rings is 1. The highest BCUT2D eigenvalue weighted by Gasteiger charge is 2.22. The lowest BCUT2D eigenvalue weighted by Crippen LogP contribution is -2.40. The number of aryl methyl sites for hydroxylation is 1. The molecular weight excluding hydrogens is 386 g/mol. The second-order valence-electron chi connectivity index (χ2n) is 7.16. The third-order valence-electron chi connectivity index (χ3n) is 4.85. The molecule has 0 radical (unpaired) electrons. The molecule has 150 valence electrons. The Bertz CT molecular complexity index is 998. The number of hydrogen-bond acceptors (Lipinski definition) is 7. The number of carbonyl (C=O) groups excluding carboxylic acids is 1. The highest BCUT2D eigenvalue weighted by atomic mass is 32.1. The molecule has 1 aliphatic rings. The van der Waals surface area contributed by atoms with E-state index in [1.165, 1.54) is 11.3 Å². The summed E-state index contributed by atoms with van der Waals surface area (Å²) in [5.41, 5.74) is 1.93. The van der Waals surface area contributed by atoms with Crippen LogP contribution in [0.3, 0.4) is 0 Å². The summed E-state index contributed by atoms with van der Waals surface area (Å²) in [5.74, 6) is 1.52. The zero-order valence-corrected chi connectivity index (χ0v) is 17.0. The topological polar surface area (TPSA) is 91.2 Å². The molecule has 1 amide bonds. The summed E-state index contributed by atoms with van der Waals surface area (Å²) >= 11 is 1.48. The van der Waals surface area contributed by atoms with E-state index in [1.807, 2.05) is 42.2 Å². The van der Waals surface area contributed by atoms with Crippen molar-refractivity contribution in [2.45, 2.75) is 32.3 Å². The van der Waals surface area contributed by atoms with Gasteiger partial charge in [0, 0.05) is 25.5 Å². The summed E-state index contributed by atoms with van der Waals surface area (Å²) in [4.78, 5) is 28.6. The van der Waals surface area contributed by atoms with Crippen LogP contribution < -0.4 is 5.32 Å². The number of carbonyl (C=O) groups is 1. The summed E-state index contributed by atoms with van der Waals surface area (Å²) < 4.78 is 0. The van der Waals surface area contributed by atoms with Gasteiger partial charge in [-0.15, -0.1) is 11.3 Å². The maximum Gasteiger partial charge on any atom is 0.229 e. The molecule has 1 fully saturated rings. The third-order valence-corrected chi connectivity index (χ3v) is 5.87. The summed E-state index contributed by atoms with van der Waals surface area (Å²) in [6.07, 6.45) is 4.82. The molecule has 0 aliphatic carbocycles. The molecule has 3 aromatic rings. The molecule has 3 aromatic heterocycles. The van der Waals surface area contributed by atoms with Crippen LogP contribution in [0.4, 0.5) is 11.6 Å². The van der Waals surface area contributed by atoms with Gasteiger partial charge >= 0.3 is 0 Å². The lowest BCUT2D eigenvalue weighted by molar-refractivity contribution is -0.132. The number of nitrogens with zero attached hydrogens (tertiary/aromatic N) is 4. The van der Waals surface area contributed by atoms with E-state index in [9.17, 15) is 9.90 Å². The molecule has 1 aliphatic heterocycles. The largest absolute Gasteiger partial charge is 0.393 e. The molecule has 7 nitrogen and oxygen atoms in total. The van der Waals surface area contributed by atoms with Gasteiger partial charge in [-0.05, 0) is 49.6 Å². The Morgan fingerprint density at radius 1 is 1.24 bits per heavy atom. The number of anilines is 2. The Hall–Kier alpha value is -2.84. The van der Waals surface area contributed by atoms with Gasteiger partial charge in [-0.2, -0.15) is 0 Å². The third kappa shape index (κ3) is 4.96. The first-order valence-electron chi connectivity index (χ1n) is 9.64. The van der Waals surface area contributed by atoms with Crippen molar-refractivity contribution < 1.29 is 9.90 Å². The summed E-state index contributed by atoms with van der Waals surface area (Å²) in [5, 5.41) is 13.6. The number of piperidine rings is 1. The van der Waals surface area contributed by atoms with Crippen molar-refractivity contribution in [1.29, 1.82) is 0 Å². The highest BCUT2D eigenvalue weighted by molar-refractivity contribution is 7.15. The van der Waals surface area contributed by atoms with Crippen LogP contribution in [-0.2, 0) is 11.2 Å². The number of aliphatic hydroxyl groups excluding tert-OH is 1. The van der Waals surface area contributed by atoms with Crippen LogP contribution in [0.1, 0.15) is 23.4 Å². The van der Waals surface area contributed by atoms with E-state index in [2.05, 4.69) is 20.3 Å². The second kappa shape index (κ2) is 8.67. The smallest absolute Gasteiger partial charge is 0.229 e. The van der Waals surface area contributed by atoms with Gasteiger partial charge in [0.1, 0.15) is 16.6 Å². The van der Waals surface area contributed by atoms with E-state index in [-0.39, 0.29) is 18.4 Å². The van der Waals surface area contributed by atoms with Crippen molar-refractivity contribution >= 4 is 28.9 Å². The Labute approximate surface area is 173 Å². The SMILES string of the molecule is Cc1ccnc(Nc2cccc(-c3cnc(CC(=O)N4CCC(O)CC4)s3)n2)c1. The Kier molecular flexibility index (Phi) is 5.82. The fraction of sp³-hybridized carbons (Fsp3) is 0.333. The second-order valence-corrected chi connectivity index (χ2v) is 8.27. The zero-order valence-electron chi connectivity index (χ0n) is 16.2. The number of hydrogen-bond donors (Lipinski definition) is 2. The van der Waals surface area contributed by atoms with Crippen molar-refractivity contribution in [2.75, 3.05) is 18.4 Å². The van der Waals surface area contributed by atoms with Crippen LogP contribution >= 0.6 is 11.3 Å². The van der Waals surface area contributed by atoms with E-state index in [1.54, 1.807) is 12.4 Å². The molecule has 4 heterocycles. The maximum absolute atomic E-state index is 12.5. The lowest BCUT2D eigenvalue weighted by atomic mass is 10.1. The van der Waals surface area contributed by atoms with E-state index in [0.717, 1.165) is 27.0 Å². The van der Waals surface area contributed by atoms with Crippen LogP contribution in [-0.4, -0.2) is 50.1 Å². The fourth-order valence-corrected chi connectivity index (χ4v) is 4.12. The van der Waals surface area contributed by atoms with Gasteiger partial charge in [0.25, 0.3) is 0 Å². The number of nitrogens with one attached hydrogen (secondary N) is 1. The molecular formula is C21H23N5O2S. The minimum atomic E-state index is -0.285. The standard InChI is InChI=1S/C21H23N5O2S/c1-14-5-8-22-19(11-14)25-18-4-2-3-16(24-18)17-13-23-20(29-17)12-21(28)26-9-6-15(27)7-10-26/h2-5,8,11,13,15,27H,6-7,9-10,12H2,1H3,(H,22,24,25). The van der Waals surface area contributed by atoms with Gasteiger partial charge in [-0.3, -0.25) is 4.79 Å². The van der Waals surface area contributed by atoms with Gasteiger partial charge in [0.15, 0.2) is 0 Å². The normalized spacial score (nSPS) is 14.8. The highest BCUT2D eigenvalue weighted by Crippen LogP contribution is 2.27. The zero-order chi connectivity index (χ0) is 20.2. The number of pyridine rings is 2. The molecule has 0 saturated carbocycles. The van der Waals surface area contributed by atoms with Crippen molar-refractivity contribution in [3.63, 3.8) is 0 Å². The molecule has 0 spiro atoms. The lowest BCUT2D eigenvalue weighted by Gasteiger charge is -2.29. The van der Waals surface area contributed by atoms with Gasteiger partial charge in [-0.25, -0.2) is 15.0 Å². The van der Waals surface area contributed by atoms with Crippen LogP contribution in [0.25, 0.3) is 10.6 Å². The predicted molar refractivity (Wildman–Crippen MR) is 113 cm³/mol. The number of likely N-dealkylation sites (tertiary alicyclic amines) is 1. The van der Waals surface area contributed by atoms with E-state index in [0.29, 0.717) is 31.7 Å². The average Bonchev–Trinajstić information content (AvgIpc) is 3.17. The summed E-state index contributed by atoms with van der Waals surface area (Å²) in [7, 11) is 0. The molecule has 2 N–H and O–H groups in total. The van der Waals surface area contributed by atoms with Crippen molar-refractivity contribution in [1.82, 2.24) is 19.9 Å². The van der Waals surface area contributed by atoms with Gasteiger partial charge in [0.2, 0.25) is 5.91 Å². The molecule has 8 heteroatoms. The number of aromatic nitrogens is 3. The van der Waals surface area contributed by atoms with Gasteiger partial charge < -0.3 is 15.3 Å². The monoisotopic (exact) mass is 409 g/mol. The first-order valence-corrected chi connectivity index (χ1v) is 10.5. The van der Waals surface area contributed by atoms with Crippen LogP contribution in [0.15, 0.2) is 42.7 Å². The Morgan fingerprint density at radius 2 is 2.07 bits per heavy atom. The maximum atomic E-state index is 12.5. The van der Waals surface area contributed by atoms with Crippen LogP contribution in [0.5, 0.6) is 0 Å². The number of amides is 1. The van der Waals surface area contributed by atoms with E-state index < -0.39 is 0 Å². The number of rotatable bonds is 5. The summed E-state index contributed by atoms with van der Waals surface area (Å²) in [6, 6.07) is 9.67. The molecule has 4 rings (SSSR count). The molecule has 0 atom stereocenters. The van der Waals surface area contributed by atoms with E-state index in [4.69, 9.17) is 0 Å². The molecule has 0 unspecified atom stereocenters. The number of aliphatic hydroxyl groups is 1. The minimum Gasteiger partial charge on any atom is -0.393 e. The molecule has 0 bridgehead atoms. The molecule has 0 aromatic carbocycles. The first kappa shape index (κ1) is 19.5. The Morgan fingerprint density at radius 3 is 2.86 bits per heavy atom. The van der Waals surface area contributed by atoms with Crippen LogP contribution in [0, 0.1) is 6.92 Å². The quantitative estimate of drug-likeness (QED) is 0.673. The average molecular weight is 410 g/mol. The van der Waals surface area contributed by atoms with Gasteiger partial charge in [-0.1, -0.05) is 6.07 Å². The van der Waals surface area contributed by atoms with Crippen molar-refractivity contribution in [2.24, 2.45) is 0 Å². The van der Waals surface area contributed by atoms with Crippen molar-refractivity contribution in [3.05, 3.63) is 53.3 Å². The Balaban J connectivity index is 1.43. The fourth-order valence-electron chi connectivity index (χ4n) is 3.24. The summed E-state index contributed by atoms with van der Waals surface area (Å²) in [6.45, 7) is 3.24. The van der Waals surface area contributed by atoms with Crippen molar-refractivity contribution in [3.8, 4) is 10.6 Å². The van der Waals surface area contributed by atoms with Crippen LogP contribution in [0.2, 0.25) is 0 Å². The van der Waals surface area contributed by atoms with Gasteiger partial charge in [0.05, 0.1) is 23.1 Å². The first-order chi connectivity index (χ1) is 14.1. The predicted octanol–water partition coefficient (Wildman–Crippen LogP) is 3.18. The molecule has 29 heavy (non-hydrogen) atoms. The molecule has 1 saturated heterocycles. The minimum absolute atomic E-state index is 0.0618.